The van der Waals surface area contributed by atoms with E-state index in [0.29, 0.717) is 19.1 Å². The van der Waals surface area contributed by atoms with Gasteiger partial charge in [0.05, 0.1) is 23.9 Å². The molecule has 0 bridgehead atoms. The highest BCUT2D eigenvalue weighted by molar-refractivity contribution is 7.09. The number of aromatic nitrogens is 1. The summed E-state index contributed by atoms with van der Waals surface area (Å²) in [5.74, 6) is 0.688. The van der Waals surface area contributed by atoms with E-state index in [1.165, 1.54) is 37.1 Å². The third kappa shape index (κ3) is 4.81. The molecule has 0 amide bonds. The molecule has 1 N–H and O–H groups in total. The van der Waals surface area contributed by atoms with Gasteiger partial charge in [-0.2, -0.15) is 0 Å². The molecule has 1 aromatic heterocycles. The summed E-state index contributed by atoms with van der Waals surface area (Å²) < 4.78 is 5.12. The van der Waals surface area contributed by atoms with E-state index >= 15 is 0 Å². The maximum atomic E-state index is 9.12. The maximum Gasteiger partial charge on any atom is 0.0959 e. The van der Waals surface area contributed by atoms with Crippen molar-refractivity contribution in [3.8, 4) is 0 Å². The molecule has 1 aliphatic rings. The normalized spacial score (nSPS) is 16.9. The number of aliphatic hydroxyl groups excluding tert-OH is 1. The number of thiazole rings is 1. The molecule has 1 fully saturated rings. The van der Waals surface area contributed by atoms with Crippen LogP contribution in [0.1, 0.15) is 48.7 Å². The third-order valence-corrected chi connectivity index (χ3v) is 4.99. The van der Waals surface area contributed by atoms with Gasteiger partial charge in [-0.1, -0.05) is 19.3 Å². The van der Waals surface area contributed by atoms with Gasteiger partial charge in [0.15, 0.2) is 0 Å². The zero-order valence-corrected chi connectivity index (χ0v) is 13.2. The SMILES string of the molecule is COCCN(CCO)Cc1csc(C2CCCCC2)n1. The molecule has 0 atom stereocenters. The van der Waals surface area contributed by atoms with Crippen LogP contribution in [0.3, 0.4) is 0 Å². The number of methoxy groups -OCH3 is 1. The summed E-state index contributed by atoms with van der Waals surface area (Å²) in [6, 6.07) is 0. The lowest BCUT2D eigenvalue weighted by Crippen LogP contribution is -2.30. The molecule has 0 aromatic carbocycles. The predicted octanol–water partition coefficient (Wildman–Crippen LogP) is 2.63. The first-order valence-electron chi connectivity index (χ1n) is 7.60. The standard InChI is InChI=1S/C15H26N2O2S/c1-19-10-8-17(7-9-18)11-14-12-20-15(16-14)13-5-3-2-4-6-13/h12-13,18H,2-11H2,1H3. The fourth-order valence-corrected chi connectivity index (χ4v) is 3.78. The van der Waals surface area contributed by atoms with E-state index in [4.69, 9.17) is 14.8 Å². The number of ether oxygens (including phenoxy) is 1. The second-order valence-corrected chi connectivity index (χ2v) is 6.39. The lowest BCUT2D eigenvalue weighted by Gasteiger charge is -2.20. The van der Waals surface area contributed by atoms with Crippen molar-refractivity contribution in [3.05, 3.63) is 16.1 Å². The van der Waals surface area contributed by atoms with Gasteiger partial charge in [0, 0.05) is 38.0 Å². The van der Waals surface area contributed by atoms with Gasteiger partial charge >= 0.3 is 0 Å². The predicted molar refractivity (Wildman–Crippen MR) is 82.2 cm³/mol. The zero-order chi connectivity index (χ0) is 14.2. The topological polar surface area (TPSA) is 45.6 Å². The first-order chi connectivity index (χ1) is 9.83. The second kappa shape index (κ2) is 8.72. The zero-order valence-electron chi connectivity index (χ0n) is 12.4. The Morgan fingerprint density at radius 1 is 1.35 bits per heavy atom. The van der Waals surface area contributed by atoms with E-state index in [2.05, 4.69) is 10.3 Å². The van der Waals surface area contributed by atoms with Gasteiger partial charge in [-0.15, -0.1) is 11.3 Å². The van der Waals surface area contributed by atoms with Crippen LogP contribution in [0.25, 0.3) is 0 Å². The highest BCUT2D eigenvalue weighted by atomic mass is 32.1. The summed E-state index contributed by atoms with van der Waals surface area (Å²) >= 11 is 1.81. The van der Waals surface area contributed by atoms with Crippen molar-refractivity contribution in [1.82, 2.24) is 9.88 Å². The van der Waals surface area contributed by atoms with E-state index in [0.717, 1.165) is 18.8 Å². The summed E-state index contributed by atoms with van der Waals surface area (Å²) in [7, 11) is 1.71. The van der Waals surface area contributed by atoms with Gasteiger partial charge in [0.2, 0.25) is 0 Å². The number of hydrogen-bond donors (Lipinski definition) is 1. The van der Waals surface area contributed by atoms with Crippen LogP contribution < -0.4 is 0 Å². The minimum Gasteiger partial charge on any atom is -0.395 e. The summed E-state index contributed by atoms with van der Waals surface area (Å²) in [5, 5.41) is 12.6. The Bertz CT molecular complexity index is 378. The molecular weight excluding hydrogens is 272 g/mol. The Morgan fingerprint density at radius 2 is 2.15 bits per heavy atom. The smallest absolute Gasteiger partial charge is 0.0959 e. The van der Waals surface area contributed by atoms with Gasteiger partial charge in [0.1, 0.15) is 0 Å². The number of nitrogens with zero attached hydrogens (tertiary/aromatic N) is 2. The second-order valence-electron chi connectivity index (χ2n) is 5.50. The van der Waals surface area contributed by atoms with Crippen molar-refractivity contribution >= 4 is 11.3 Å². The summed E-state index contributed by atoms with van der Waals surface area (Å²) in [6.45, 7) is 3.21. The quantitative estimate of drug-likeness (QED) is 0.801. The molecule has 0 aliphatic heterocycles. The lowest BCUT2D eigenvalue weighted by atomic mass is 9.90. The van der Waals surface area contributed by atoms with Gasteiger partial charge < -0.3 is 9.84 Å². The van der Waals surface area contributed by atoms with Crippen LogP contribution in [0, 0.1) is 0 Å². The first-order valence-corrected chi connectivity index (χ1v) is 8.48. The van der Waals surface area contributed by atoms with Crippen molar-refractivity contribution in [1.29, 1.82) is 0 Å². The van der Waals surface area contributed by atoms with Crippen LogP contribution in [0.5, 0.6) is 0 Å². The van der Waals surface area contributed by atoms with Crippen LogP contribution in [0.4, 0.5) is 0 Å². The Hall–Kier alpha value is -0.490. The van der Waals surface area contributed by atoms with Crippen molar-refractivity contribution in [3.63, 3.8) is 0 Å². The third-order valence-electron chi connectivity index (χ3n) is 3.94. The Labute approximate surface area is 125 Å². The molecule has 20 heavy (non-hydrogen) atoms. The van der Waals surface area contributed by atoms with Gasteiger partial charge in [-0.3, -0.25) is 4.90 Å². The first kappa shape index (κ1) is 15.9. The van der Waals surface area contributed by atoms with Crippen LogP contribution in [-0.4, -0.2) is 48.4 Å². The van der Waals surface area contributed by atoms with Crippen molar-refractivity contribution in [2.75, 3.05) is 33.4 Å². The van der Waals surface area contributed by atoms with Gasteiger partial charge in [-0.25, -0.2) is 4.98 Å². The Balaban J connectivity index is 1.89. The van der Waals surface area contributed by atoms with E-state index in [1.807, 2.05) is 11.3 Å². The molecule has 4 nitrogen and oxygen atoms in total. The fourth-order valence-electron chi connectivity index (χ4n) is 2.79. The van der Waals surface area contributed by atoms with Crippen molar-refractivity contribution in [2.24, 2.45) is 0 Å². The molecule has 114 valence electrons. The van der Waals surface area contributed by atoms with E-state index in [1.54, 1.807) is 7.11 Å². The summed E-state index contributed by atoms with van der Waals surface area (Å²) in [4.78, 5) is 7.02. The molecule has 2 rings (SSSR count). The monoisotopic (exact) mass is 298 g/mol. The molecule has 1 heterocycles. The highest BCUT2D eigenvalue weighted by Gasteiger charge is 2.19. The maximum absolute atomic E-state index is 9.12. The van der Waals surface area contributed by atoms with Crippen LogP contribution in [0.15, 0.2) is 5.38 Å². The molecule has 1 aromatic rings. The van der Waals surface area contributed by atoms with Crippen LogP contribution >= 0.6 is 11.3 Å². The Kier molecular flexibility index (Phi) is 6.93. The molecule has 5 heteroatoms. The Morgan fingerprint density at radius 3 is 2.85 bits per heavy atom. The minimum absolute atomic E-state index is 0.184. The minimum atomic E-state index is 0.184. The number of aliphatic hydroxyl groups is 1. The molecule has 0 unspecified atom stereocenters. The number of rotatable bonds is 8. The molecule has 0 spiro atoms. The van der Waals surface area contributed by atoms with E-state index < -0.39 is 0 Å². The molecule has 1 saturated carbocycles. The molecule has 1 aliphatic carbocycles. The number of hydrogen-bond acceptors (Lipinski definition) is 5. The molecule has 0 saturated heterocycles. The average Bonchev–Trinajstić information content (AvgIpc) is 2.94. The van der Waals surface area contributed by atoms with E-state index in [9.17, 15) is 0 Å². The highest BCUT2D eigenvalue weighted by Crippen LogP contribution is 2.34. The summed E-state index contributed by atoms with van der Waals surface area (Å²) in [6.07, 6.45) is 6.69. The van der Waals surface area contributed by atoms with Crippen LogP contribution in [0.2, 0.25) is 0 Å². The van der Waals surface area contributed by atoms with Gasteiger partial charge in [-0.05, 0) is 12.8 Å². The summed E-state index contributed by atoms with van der Waals surface area (Å²) in [5.41, 5.74) is 1.14. The largest absolute Gasteiger partial charge is 0.395 e. The van der Waals surface area contributed by atoms with E-state index in [-0.39, 0.29) is 6.61 Å². The molecular formula is C15H26N2O2S. The fraction of sp³-hybridized carbons (Fsp3) is 0.800. The molecule has 0 radical (unpaired) electrons. The lowest BCUT2D eigenvalue weighted by molar-refractivity contribution is 0.126. The van der Waals surface area contributed by atoms with Gasteiger partial charge in [0.25, 0.3) is 0 Å². The van der Waals surface area contributed by atoms with Crippen LogP contribution in [-0.2, 0) is 11.3 Å². The van der Waals surface area contributed by atoms with Crippen molar-refractivity contribution in [2.45, 2.75) is 44.6 Å². The average molecular weight is 298 g/mol. The van der Waals surface area contributed by atoms with Crippen molar-refractivity contribution < 1.29 is 9.84 Å².